The highest BCUT2D eigenvalue weighted by molar-refractivity contribution is 4.98. The van der Waals surface area contributed by atoms with Gasteiger partial charge in [-0.2, -0.15) is 5.10 Å². The van der Waals surface area contributed by atoms with Crippen LogP contribution in [-0.4, -0.2) is 29.0 Å². The van der Waals surface area contributed by atoms with Crippen molar-refractivity contribution in [1.82, 2.24) is 15.1 Å². The average Bonchev–Trinajstić information content (AvgIpc) is 2.88. The van der Waals surface area contributed by atoms with Crippen LogP contribution in [0.15, 0.2) is 12.3 Å². The third-order valence-electron chi connectivity index (χ3n) is 4.18. The zero-order valence-electron chi connectivity index (χ0n) is 12.4. The topological polar surface area (TPSA) is 39.1 Å². The van der Waals surface area contributed by atoms with Crippen molar-refractivity contribution in [2.75, 3.05) is 13.1 Å². The lowest BCUT2D eigenvalue weighted by molar-refractivity contribution is -0.00821. The van der Waals surface area contributed by atoms with E-state index in [-0.39, 0.29) is 0 Å². The van der Waals surface area contributed by atoms with Crippen molar-refractivity contribution in [2.24, 2.45) is 5.92 Å². The van der Waals surface area contributed by atoms with E-state index in [1.807, 2.05) is 0 Å². The number of nitrogens with one attached hydrogen (secondary N) is 1. The number of hydrogen-bond acceptors (Lipinski definition) is 3. The molecular formula is C15H27N3O. The number of aromatic nitrogens is 2. The predicted octanol–water partition coefficient (Wildman–Crippen LogP) is 2.76. The van der Waals surface area contributed by atoms with E-state index in [9.17, 15) is 0 Å². The lowest BCUT2D eigenvalue weighted by atomic mass is 9.97. The van der Waals surface area contributed by atoms with E-state index < -0.39 is 0 Å². The molecule has 1 N–H and O–H groups in total. The molecule has 1 fully saturated rings. The fourth-order valence-electron chi connectivity index (χ4n) is 2.70. The Bertz CT molecular complexity index is 373. The number of rotatable bonds is 6. The summed E-state index contributed by atoms with van der Waals surface area (Å²) in [7, 11) is 0. The van der Waals surface area contributed by atoms with Crippen LogP contribution in [0.25, 0.3) is 0 Å². The minimum Gasteiger partial charge on any atom is -0.370 e. The summed E-state index contributed by atoms with van der Waals surface area (Å²) in [5, 5.41) is 8.03. The molecule has 0 amide bonds. The molecule has 4 heteroatoms. The van der Waals surface area contributed by atoms with Gasteiger partial charge in [0.05, 0.1) is 24.4 Å². The second-order valence-electron chi connectivity index (χ2n) is 5.58. The highest BCUT2D eigenvalue weighted by Gasteiger charge is 2.21. The minimum atomic E-state index is 0.326. The van der Waals surface area contributed by atoms with Gasteiger partial charge in [0.15, 0.2) is 0 Å². The molecule has 2 rings (SSSR count). The van der Waals surface area contributed by atoms with Crippen molar-refractivity contribution in [2.45, 2.75) is 58.8 Å². The minimum absolute atomic E-state index is 0.326. The van der Waals surface area contributed by atoms with Gasteiger partial charge >= 0.3 is 0 Å². The molecule has 1 aromatic rings. The zero-order chi connectivity index (χ0) is 13.7. The predicted molar refractivity (Wildman–Crippen MR) is 77.1 cm³/mol. The molecule has 19 heavy (non-hydrogen) atoms. The molecule has 0 bridgehead atoms. The Balaban J connectivity index is 1.86. The van der Waals surface area contributed by atoms with E-state index in [2.05, 4.69) is 48.1 Å². The van der Waals surface area contributed by atoms with Crippen LogP contribution < -0.4 is 5.32 Å². The van der Waals surface area contributed by atoms with Gasteiger partial charge in [0.2, 0.25) is 0 Å². The largest absolute Gasteiger partial charge is 0.370 e. The molecule has 0 aromatic carbocycles. The molecule has 2 atom stereocenters. The van der Waals surface area contributed by atoms with Crippen LogP contribution in [0.4, 0.5) is 0 Å². The Labute approximate surface area is 116 Å². The van der Waals surface area contributed by atoms with Crippen molar-refractivity contribution in [3.05, 3.63) is 18.0 Å². The molecule has 0 spiro atoms. The Morgan fingerprint density at radius 3 is 2.95 bits per heavy atom. The van der Waals surface area contributed by atoms with Crippen LogP contribution in [0.3, 0.4) is 0 Å². The fourth-order valence-corrected chi connectivity index (χ4v) is 2.70. The van der Waals surface area contributed by atoms with Gasteiger partial charge < -0.3 is 10.1 Å². The summed E-state index contributed by atoms with van der Waals surface area (Å²) in [5.74, 6) is 0.641. The van der Waals surface area contributed by atoms with Crippen LogP contribution >= 0.6 is 0 Å². The Hall–Kier alpha value is -0.870. The van der Waals surface area contributed by atoms with Gasteiger partial charge in [-0.05, 0) is 37.8 Å². The highest BCUT2D eigenvalue weighted by atomic mass is 16.5. The third-order valence-corrected chi connectivity index (χ3v) is 4.18. The van der Waals surface area contributed by atoms with E-state index >= 15 is 0 Å². The van der Waals surface area contributed by atoms with E-state index in [1.165, 1.54) is 6.42 Å². The van der Waals surface area contributed by atoms with Gasteiger partial charge in [0, 0.05) is 12.7 Å². The van der Waals surface area contributed by atoms with Gasteiger partial charge in [-0.15, -0.1) is 0 Å². The standard InChI is InChI=1S/C15H27N3O/c1-4-14(5-2)18-9-7-13(17-18)11-19-15-10-16-8-6-12(15)3/h7,9,12,14-16H,4-6,8,10-11H2,1-3H3. The van der Waals surface area contributed by atoms with Crippen LogP contribution in [0.5, 0.6) is 0 Å². The lowest BCUT2D eigenvalue weighted by Gasteiger charge is -2.29. The number of piperidine rings is 1. The summed E-state index contributed by atoms with van der Waals surface area (Å²) >= 11 is 0. The monoisotopic (exact) mass is 265 g/mol. The maximum Gasteiger partial charge on any atom is 0.0910 e. The first-order valence-corrected chi connectivity index (χ1v) is 7.60. The second kappa shape index (κ2) is 7.06. The summed E-state index contributed by atoms with van der Waals surface area (Å²) in [6.45, 7) is 9.40. The van der Waals surface area contributed by atoms with Crippen molar-refractivity contribution in [3.8, 4) is 0 Å². The average molecular weight is 265 g/mol. The molecule has 1 aliphatic rings. The molecule has 2 unspecified atom stereocenters. The van der Waals surface area contributed by atoms with Crippen molar-refractivity contribution < 1.29 is 4.74 Å². The molecule has 0 radical (unpaired) electrons. The summed E-state index contributed by atoms with van der Waals surface area (Å²) in [6.07, 6.45) is 5.86. The molecule has 1 aliphatic heterocycles. The second-order valence-corrected chi connectivity index (χ2v) is 5.58. The summed E-state index contributed by atoms with van der Waals surface area (Å²) in [4.78, 5) is 0. The maximum absolute atomic E-state index is 6.00. The SMILES string of the molecule is CCC(CC)n1ccc(COC2CNCCC2C)n1. The molecule has 0 saturated carbocycles. The number of hydrogen-bond donors (Lipinski definition) is 1. The van der Waals surface area contributed by atoms with Crippen LogP contribution in [-0.2, 0) is 11.3 Å². The van der Waals surface area contributed by atoms with Crippen LogP contribution in [0, 0.1) is 5.92 Å². The Morgan fingerprint density at radius 1 is 1.47 bits per heavy atom. The summed E-state index contributed by atoms with van der Waals surface area (Å²) < 4.78 is 8.09. The summed E-state index contributed by atoms with van der Waals surface area (Å²) in [6, 6.07) is 2.60. The highest BCUT2D eigenvalue weighted by Crippen LogP contribution is 2.18. The van der Waals surface area contributed by atoms with Gasteiger partial charge in [-0.3, -0.25) is 4.68 Å². The van der Waals surface area contributed by atoms with Crippen LogP contribution in [0.1, 0.15) is 51.8 Å². The molecular weight excluding hydrogens is 238 g/mol. The molecule has 2 heterocycles. The fraction of sp³-hybridized carbons (Fsp3) is 0.800. The van der Waals surface area contributed by atoms with Gasteiger partial charge in [0.1, 0.15) is 0 Å². The quantitative estimate of drug-likeness (QED) is 0.859. The van der Waals surface area contributed by atoms with Crippen LogP contribution in [0.2, 0.25) is 0 Å². The van der Waals surface area contributed by atoms with Gasteiger partial charge in [-0.1, -0.05) is 20.8 Å². The Morgan fingerprint density at radius 2 is 2.26 bits per heavy atom. The number of nitrogens with zero attached hydrogens (tertiary/aromatic N) is 2. The van der Waals surface area contributed by atoms with E-state index in [1.54, 1.807) is 0 Å². The number of ether oxygens (including phenoxy) is 1. The van der Waals surface area contributed by atoms with Crippen molar-refractivity contribution in [1.29, 1.82) is 0 Å². The molecule has 4 nitrogen and oxygen atoms in total. The van der Waals surface area contributed by atoms with E-state index in [0.29, 0.717) is 24.7 Å². The zero-order valence-corrected chi connectivity index (χ0v) is 12.4. The van der Waals surface area contributed by atoms with Crippen molar-refractivity contribution >= 4 is 0 Å². The molecule has 108 valence electrons. The summed E-state index contributed by atoms with van der Waals surface area (Å²) in [5.41, 5.74) is 1.05. The Kier molecular flexibility index (Phi) is 5.40. The molecule has 0 aliphatic carbocycles. The third kappa shape index (κ3) is 3.80. The molecule has 1 aromatic heterocycles. The van der Waals surface area contributed by atoms with Gasteiger partial charge in [0.25, 0.3) is 0 Å². The lowest BCUT2D eigenvalue weighted by Crippen LogP contribution is -2.40. The molecule has 1 saturated heterocycles. The maximum atomic E-state index is 6.00. The smallest absolute Gasteiger partial charge is 0.0910 e. The first-order chi connectivity index (χ1) is 9.24. The van der Waals surface area contributed by atoms with E-state index in [0.717, 1.165) is 31.6 Å². The normalized spacial score (nSPS) is 24.0. The first kappa shape index (κ1) is 14.5. The van der Waals surface area contributed by atoms with Crippen molar-refractivity contribution in [3.63, 3.8) is 0 Å². The first-order valence-electron chi connectivity index (χ1n) is 7.60. The van der Waals surface area contributed by atoms with Gasteiger partial charge in [-0.25, -0.2) is 0 Å². The van der Waals surface area contributed by atoms with E-state index in [4.69, 9.17) is 4.74 Å².